The van der Waals surface area contributed by atoms with E-state index in [4.69, 9.17) is 25.5 Å². The van der Waals surface area contributed by atoms with Gasteiger partial charge in [-0.05, 0) is 6.07 Å². The average molecular weight is 697 g/mol. The summed E-state index contributed by atoms with van der Waals surface area (Å²) in [5.74, 6) is -0.551. The lowest BCUT2D eigenvalue weighted by Crippen LogP contribution is -2.36. The fraction of sp³-hybridized carbons (Fsp3) is 0.368. The van der Waals surface area contributed by atoms with E-state index in [9.17, 15) is 38.7 Å². The largest absolute Gasteiger partial charge is 0.481 e. The molecule has 2 aliphatic heterocycles. The molecule has 5 heterocycles. The number of nitrogens with zero attached hydrogens (tertiary/aromatic N) is 5. The number of aromatic amines is 1. The Morgan fingerprint density at radius 1 is 1.02 bits per heavy atom. The molecule has 0 saturated carbocycles. The van der Waals surface area contributed by atoms with Crippen molar-refractivity contribution in [1.82, 2.24) is 29.5 Å². The number of phosphoric ester groups is 2. The number of aliphatic hydroxyl groups excluding tert-OH is 2. The van der Waals surface area contributed by atoms with Crippen molar-refractivity contribution < 1.29 is 52.0 Å². The number of anilines is 2. The Hall–Kier alpha value is -2.92. The Morgan fingerprint density at radius 3 is 2.39 bits per heavy atom. The van der Waals surface area contributed by atoms with E-state index in [1.165, 1.54) is 6.07 Å². The van der Waals surface area contributed by atoms with Crippen molar-refractivity contribution in [3.63, 3.8) is 0 Å². The highest BCUT2D eigenvalue weighted by Gasteiger charge is 2.46. The number of aliphatic hydroxyl groups is 2. The molecule has 21 nitrogen and oxygen atoms in total. The minimum Gasteiger partial charge on any atom is -0.465 e. The molecule has 0 radical (unpaired) electrons. The van der Waals surface area contributed by atoms with Crippen LogP contribution in [0.5, 0.6) is 5.88 Å². The molecule has 238 valence electrons. The van der Waals surface area contributed by atoms with Crippen LogP contribution in [0.4, 0.5) is 11.8 Å². The summed E-state index contributed by atoms with van der Waals surface area (Å²) in [7, 11) is -10.7. The summed E-state index contributed by atoms with van der Waals surface area (Å²) in [5.41, 5.74) is 9.01. The van der Waals surface area contributed by atoms with Crippen molar-refractivity contribution in [2.45, 2.75) is 30.6 Å². The highest BCUT2D eigenvalue weighted by molar-refractivity contribution is 7.93. The van der Waals surface area contributed by atoms with Gasteiger partial charge in [-0.2, -0.15) is 19.3 Å². The molecule has 44 heavy (non-hydrogen) atoms. The van der Waals surface area contributed by atoms with Crippen LogP contribution < -0.4 is 27.5 Å². The number of fused-ring (bicyclic) bond motifs is 2. The van der Waals surface area contributed by atoms with Crippen LogP contribution >= 0.6 is 40.9 Å². The number of H-pyrrole nitrogens is 1. The lowest BCUT2D eigenvalue weighted by atomic mass is 10.1. The number of aromatic nitrogens is 6. The van der Waals surface area contributed by atoms with Crippen molar-refractivity contribution in [1.29, 1.82) is 0 Å². The first-order valence-electron chi connectivity index (χ1n) is 11.9. The molecule has 0 amide bonds. The summed E-state index contributed by atoms with van der Waals surface area (Å²) in [6, 6.07) is 1.23. The van der Waals surface area contributed by atoms with Crippen molar-refractivity contribution in [3.8, 4) is 5.88 Å². The fourth-order valence-electron chi connectivity index (χ4n) is 4.00. The zero-order valence-corrected chi connectivity index (χ0v) is 25.2. The molecule has 0 spiro atoms. The summed E-state index contributed by atoms with van der Waals surface area (Å²) in [4.78, 5) is 62.2. The first kappa shape index (κ1) is 32.5. The maximum absolute atomic E-state index is 12.5. The lowest BCUT2D eigenvalue weighted by Gasteiger charge is -2.26. The minimum absolute atomic E-state index is 0.00273. The molecule has 1 fully saturated rings. The number of thiol groups is 2. The third kappa shape index (κ3) is 6.68. The van der Waals surface area contributed by atoms with E-state index in [0.29, 0.717) is 0 Å². The molecule has 2 aliphatic rings. The van der Waals surface area contributed by atoms with E-state index in [0.717, 1.165) is 10.8 Å². The lowest BCUT2D eigenvalue weighted by molar-refractivity contribution is -0.0542. The standard InChI is InChI=1S/C19H22N8O13P2S2/c20-7-1-2-27(19(31)22-7)17-11(29)10(28)5(39-17)3-36-41(32,33)40-42(34,35)37-4-6-12(43)13(44)8-16(38-6)24-14-9(23-8)15(30)26-18(21)25-14/h1-2,5-6,10-11,17,28-29,43-44H,3-4H2,(H,32,33)(H,34,35)(H2,20,22,31)(H3,21,24,25,26,30). The topological polar surface area (TPSA) is 320 Å². The molecular formula is C19H22N8O13P2S2. The Balaban J connectivity index is 1.21. The fourth-order valence-corrected chi connectivity index (χ4v) is 6.60. The second-order valence-corrected chi connectivity index (χ2v) is 13.0. The molecule has 1 saturated heterocycles. The highest BCUT2D eigenvalue weighted by atomic mass is 32.1. The van der Waals surface area contributed by atoms with Crippen LogP contribution in [0, 0.1) is 0 Å². The molecule has 7 atom stereocenters. The Bertz CT molecular complexity index is 1880. The van der Waals surface area contributed by atoms with Gasteiger partial charge in [0.2, 0.25) is 11.8 Å². The van der Waals surface area contributed by atoms with Gasteiger partial charge in [0.25, 0.3) is 5.56 Å². The number of hydrogen-bond acceptors (Lipinski definition) is 19. The molecule has 0 aromatic carbocycles. The third-order valence-corrected chi connectivity index (χ3v) is 9.76. The molecule has 3 aromatic heterocycles. The normalized spacial score (nSPS) is 26.2. The van der Waals surface area contributed by atoms with E-state index < -0.39 is 70.8 Å². The molecule has 9 N–H and O–H groups in total. The van der Waals surface area contributed by atoms with Gasteiger partial charge < -0.3 is 40.9 Å². The number of nitrogens with one attached hydrogen (secondary N) is 1. The van der Waals surface area contributed by atoms with Gasteiger partial charge in [-0.15, -0.1) is 25.3 Å². The van der Waals surface area contributed by atoms with E-state index >= 15 is 0 Å². The van der Waals surface area contributed by atoms with E-state index in [1.54, 1.807) is 0 Å². The van der Waals surface area contributed by atoms with Gasteiger partial charge >= 0.3 is 21.3 Å². The third-order valence-electron chi connectivity index (χ3n) is 6.01. The predicted molar refractivity (Wildman–Crippen MR) is 153 cm³/mol. The van der Waals surface area contributed by atoms with Gasteiger partial charge in [-0.3, -0.25) is 23.4 Å². The van der Waals surface area contributed by atoms with Gasteiger partial charge in [0, 0.05) is 16.0 Å². The Labute approximate surface area is 254 Å². The molecular weight excluding hydrogens is 674 g/mol. The van der Waals surface area contributed by atoms with Crippen LogP contribution in [-0.4, -0.2) is 87.1 Å². The number of nitrogens with two attached hydrogens (primary N) is 2. The highest BCUT2D eigenvalue weighted by Crippen LogP contribution is 2.60. The maximum Gasteiger partial charge on any atom is 0.481 e. The van der Waals surface area contributed by atoms with Gasteiger partial charge in [0.15, 0.2) is 23.5 Å². The number of rotatable bonds is 9. The van der Waals surface area contributed by atoms with Gasteiger partial charge in [0.1, 0.15) is 36.4 Å². The van der Waals surface area contributed by atoms with E-state index in [1.807, 2.05) is 0 Å². The van der Waals surface area contributed by atoms with Gasteiger partial charge in [-0.1, -0.05) is 0 Å². The molecule has 0 bridgehead atoms. The summed E-state index contributed by atoms with van der Waals surface area (Å²) < 4.78 is 50.4. The average Bonchev–Trinajstić information content (AvgIpc) is 3.20. The number of nitrogen functional groups attached to an aromatic ring is 2. The quantitative estimate of drug-likeness (QED) is 0.0888. The minimum atomic E-state index is -5.38. The van der Waals surface area contributed by atoms with Crippen molar-refractivity contribution in [2.24, 2.45) is 0 Å². The molecule has 25 heteroatoms. The number of hydrogen-bond donors (Lipinski definition) is 9. The second kappa shape index (κ2) is 12.1. The Morgan fingerprint density at radius 2 is 1.70 bits per heavy atom. The van der Waals surface area contributed by atoms with E-state index in [-0.39, 0.29) is 44.3 Å². The zero-order chi connectivity index (χ0) is 32.1. The SMILES string of the molecule is Nc1ccn(C2OC(COP(=O)(O)OP(=O)(O)OCC3Oc4nc5nc(N)[nH]c(=O)c5nc4C(S)=C3S)C(O)C2O)c(=O)n1. The first-order valence-corrected chi connectivity index (χ1v) is 15.8. The zero-order valence-electron chi connectivity index (χ0n) is 21.6. The molecule has 3 aromatic rings. The van der Waals surface area contributed by atoms with E-state index in [2.05, 4.69) is 59.0 Å². The van der Waals surface area contributed by atoms with Crippen LogP contribution in [0.1, 0.15) is 11.9 Å². The molecule has 5 rings (SSSR count). The number of ether oxygens (including phenoxy) is 2. The van der Waals surface area contributed by atoms with Crippen molar-refractivity contribution >= 4 is 68.7 Å². The molecule has 0 aliphatic carbocycles. The Kier molecular flexibility index (Phi) is 8.94. The smallest absolute Gasteiger partial charge is 0.465 e. The summed E-state index contributed by atoms with van der Waals surface area (Å²) in [6.07, 6.45) is -6.51. The second-order valence-electron chi connectivity index (χ2n) is 9.04. The van der Waals surface area contributed by atoms with Crippen molar-refractivity contribution in [2.75, 3.05) is 24.7 Å². The number of phosphoric acid groups is 2. The van der Waals surface area contributed by atoms with Crippen molar-refractivity contribution in [3.05, 3.63) is 43.7 Å². The first-order chi connectivity index (χ1) is 20.5. The summed E-state index contributed by atoms with van der Waals surface area (Å²) in [5, 5.41) is 20.6. The van der Waals surface area contributed by atoms with Crippen LogP contribution in [0.25, 0.3) is 16.1 Å². The van der Waals surface area contributed by atoms with Crippen LogP contribution in [0.15, 0.2) is 26.8 Å². The van der Waals surface area contributed by atoms with Crippen LogP contribution in [0.2, 0.25) is 0 Å². The maximum atomic E-state index is 12.5. The van der Waals surface area contributed by atoms with Crippen LogP contribution in [-0.2, 0) is 27.2 Å². The predicted octanol–water partition coefficient (Wildman–Crippen LogP) is -1.71. The van der Waals surface area contributed by atoms with Crippen LogP contribution in [0.3, 0.4) is 0 Å². The van der Waals surface area contributed by atoms with Gasteiger partial charge in [0.05, 0.1) is 6.61 Å². The summed E-state index contributed by atoms with van der Waals surface area (Å²) >= 11 is 8.55. The van der Waals surface area contributed by atoms with Gasteiger partial charge in [-0.25, -0.2) is 18.9 Å². The monoisotopic (exact) mass is 696 g/mol. The summed E-state index contributed by atoms with van der Waals surface area (Å²) in [6.45, 7) is -1.74. The molecule has 7 unspecified atom stereocenters.